The summed E-state index contributed by atoms with van der Waals surface area (Å²) < 4.78 is 0. The van der Waals surface area contributed by atoms with Crippen LogP contribution < -0.4 is 10.9 Å². The lowest BCUT2D eigenvalue weighted by Crippen LogP contribution is -2.48. The molecule has 0 unspecified atom stereocenters. The maximum absolute atomic E-state index is 12.6. The van der Waals surface area contributed by atoms with Gasteiger partial charge in [-0.3, -0.25) is 9.59 Å². The SMILES string of the molecule is N#CC1(NC(=O)c2cc(=O)[nH]c3ccccc23)CCCCC1. The summed E-state index contributed by atoms with van der Waals surface area (Å²) in [5, 5.41) is 13.0. The van der Waals surface area contributed by atoms with E-state index in [4.69, 9.17) is 0 Å². The summed E-state index contributed by atoms with van der Waals surface area (Å²) in [7, 11) is 0. The van der Waals surface area contributed by atoms with E-state index in [0.29, 0.717) is 29.3 Å². The molecule has 3 rings (SSSR count). The fourth-order valence-electron chi connectivity index (χ4n) is 3.10. The first-order valence-corrected chi connectivity index (χ1v) is 7.49. The van der Waals surface area contributed by atoms with Crippen LogP contribution >= 0.6 is 0 Å². The van der Waals surface area contributed by atoms with Crippen LogP contribution in [0.2, 0.25) is 0 Å². The Hall–Kier alpha value is -2.61. The van der Waals surface area contributed by atoms with Crippen molar-refractivity contribution in [1.82, 2.24) is 10.3 Å². The molecule has 22 heavy (non-hydrogen) atoms. The number of amides is 1. The molecule has 5 heteroatoms. The van der Waals surface area contributed by atoms with Crippen LogP contribution in [0.5, 0.6) is 0 Å². The number of nitrogens with zero attached hydrogens (tertiary/aromatic N) is 1. The van der Waals surface area contributed by atoms with Crippen LogP contribution in [0.15, 0.2) is 35.1 Å². The van der Waals surface area contributed by atoms with Crippen molar-refractivity contribution in [3.05, 3.63) is 46.2 Å². The van der Waals surface area contributed by atoms with Gasteiger partial charge in [-0.05, 0) is 18.9 Å². The summed E-state index contributed by atoms with van der Waals surface area (Å²) in [5.41, 5.74) is -0.188. The molecule has 0 radical (unpaired) electrons. The van der Waals surface area contributed by atoms with Gasteiger partial charge in [0.05, 0.1) is 11.6 Å². The van der Waals surface area contributed by atoms with E-state index in [9.17, 15) is 14.9 Å². The van der Waals surface area contributed by atoms with Crippen molar-refractivity contribution in [3.8, 4) is 6.07 Å². The van der Waals surface area contributed by atoms with Crippen molar-refractivity contribution in [1.29, 1.82) is 5.26 Å². The lowest BCUT2D eigenvalue weighted by Gasteiger charge is -2.31. The first kappa shape index (κ1) is 14.3. The average molecular weight is 295 g/mol. The van der Waals surface area contributed by atoms with Gasteiger partial charge in [-0.25, -0.2) is 0 Å². The Morgan fingerprint density at radius 3 is 2.68 bits per heavy atom. The molecule has 0 atom stereocenters. The number of aromatic nitrogens is 1. The molecule has 5 nitrogen and oxygen atoms in total. The van der Waals surface area contributed by atoms with Crippen LogP contribution in [0.4, 0.5) is 0 Å². The number of rotatable bonds is 2. The van der Waals surface area contributed by atoms with Crippen molar-refractivity contribution in [2.24, 2.45) is 0 Å². The normalized spacial score (nSPS) is 16.9. The summed E-state index contributed by atoms with van der Waals surface area (Å²) in [4.78, 5) is 27.1. The Balaban J connectivity index is 1.99. The second kappa shape index (κ2) is 5.64. The molecule has 2 aromatic rings. The molecule has 0 spiro atoms. The predicted molar refractivity (Wildman–Crippen MR) is 83.5 cm³/mol. The number of fused-ring (bicyclic) bond motifs is 1. The van der Waals surface area contributed by atoms with Gasteiger partial charge in [0.2, 0.25) is 5.56 Å². The maximum Gasteiger partial charge on any atom is 0.253 e. The van der Waals surface area contributed by atoms with E-state index in [1.54, 1.807) is 18.2 Å². The number of para-hydroxylation sites is 1. The van der Waals surface area contributed by atoms with Gasteiger partial charge < -0.3 is 10.3 Å². The number of pyridine rings is 1. The van der Waals surface area contributed by atoms with E-state index in [1.165, 1.54) is 6.07 Å². The summed E-state index contributed by atoms with van der Waals surface area (Å²) in [6.45, 7) is 0. The number of nitriles is 1. The number of carbonyl (C=O) groups is 1. The molecule has 1 heterocycles. The minimum Gasteiger partial charge on any atom is -0.334 e. The Morgan fingerprint density at radius 2 is 1.95 bits per heavy atom. The fourth-order valence-corrected chi connectivity index (χ4v) is 3.10. The summed E-state index contributed by atoms with van der Waals surface area (Å²) in [5.74, 6) is -0.356. The number of hydrogen-bond acceptors (Lipinski definition) is 3. The van der Waals surface area contributed by atoms with E-state index in [1.807, 2.05) is 6.07 Å². The predicted octanol–water partition coefficient (Wildman–Crippen LogP) is 2.48. The van der Waals surface area contributed by atoms with Gasteiger partial charge in [0.1, 0.15) is 5.54 Å². The molecule has 0 saturated heterocycles. The van der Waals surface area contributed by atoms with Crippen molar-refractivity contribution < 1.29 is 4.79 Å². The van der Waals surface area contributed by atoms with Crippen molar-refractivity contribution >= 4 is 16.8 Å². The third-order valence-electron chi connectivity index (χ3n) is 4.27. The number of nitrogens with one attached hydrogen (secondary N) is 2. The Bertz CT molecular complexity index is 810. The quantitative estimate of drug-likeness (QED) is 0.892. The lowest BCUT2D eigenvalue weighted by molar-refractivity contribution is 0.0904. The van der Waals surface area contributed by atoms with Crippen LogP contribution in [0, 0.1) is 11.3 Å². The number of benzene rings is 1. The molecule has 0 aliphatic heterocycles. The Labute approximate surface area is 128 Å². The second-order valence-electron chi connectivity index (χ2n) is 5.80. The van der Waals surface area contributed by atoms with Crippen molar-refractivity contribution in [2.75, 3.05) is 0 Å². The van der Waals surface area contributed by atoms with Crippen molar-refractivity contribution in [2.45, 2.75) is 37.6 Å². The average Bonchev–Trinajstić information content (AvgIpc) is 2.54. The fraction of sp³-hybridized carbons (Fsp3) is 0.353. The van der Waals surface area contributed by atoms with Crippen molar-refractivity contribution in [3.63, 3.8) is 0 Å². The zero-order valence-electron chi connectivity index (χ0n) is 12.2. The number of carbonyl (C=O) groups excluding carboxylic acids is 1. The van der Waals surface area contributed by atoms with Crippen LogP contribution in [0.3, 0.4) is 0 Å². The Morgan fingerprint density at radius 1 is 1.23 bits per heavy atom. The van der Waals surface area contributed by atoms with Crippen LogP contribution in [0.1, 0.15) is 42.5 Å². The largest absolute Gasteiger partial charge is 0.334 e. The van der Waals surface area contributed by atoms with Gasteiger partial charge in [0, 0.05) is 17.0 Å². The highest BCUT2D eigenvalue weighted by molar-refractivity contribution is 6.06. The van der Waals surface area contributed by atoms with Gasteiger partial charge in [0.25, 0.3) is 5.91 Å². The van der Waals surface area contributed by atoms with E-state index in [0.717, 1.165) is 19.3 Å². The van der Waals surface area contributed by atoms with Crippen LogP contribution in [-0.4, -0.2) is 16.4 Å². The van der Waals surface area contributed by atoms with E-state index in [-0.39, 0.29) is 11.5 Å². The molecule has 1 saturated carbocycles. The topological polar surface area (TPSA) is 85.8 Å². The second-order valence-corrected chi connectivity index (χ2v) is 5.80. The smallest absolute Gasteiger partial charge is 0.253 e. The zero-order valence-corrected chi connectivity index (χ0v) is 12.2. The van der Waals surface area contributed by atoms with Crippen LogP contribution in [0.25, 0.3) is 10.9 Å². The van der Waals surface area contributed by atoms with E-state index in [2.05, 4.69) is 16.4 Å². The molecule has 0 bridgehead atoms. The van der Waals surface area contributed by atoms with Gasteiger partial charge in [-0.15, -0.1) is 0 Å². The third kappa shape index (κ3) is 2.60. The van der Waals surface area contributed by atoms with Gasteiger partial charge in [-0.1, -0.05) is 37.5 Å². The van der Waals surface area contributed by atoms with Gasteiger partial charge in [-0.2, -0.15) is 5.26 Å². The van der Waals surface area contributed by atoms with E-state index < -0.39 is 5.54 Å². The summed E-state index contributed by atoms with van der Waals surface area (Å²) >= 11 is 0. The molecule has 112 valence electrons. The molecule has 1 aromatic heterocycles. The zero-order chi connectivity index (χ0) is 15.6. The first-order valence-electron chi connectivity index (χ1n) is 7.49. The minimum absolute atomic E-state index is 0.319. The highest BCUT2D eigenvalue weighted by Gasteiger charge is 2.34. The molecule has 1 aromatic carbocycles. The first-order chi connectivity index (χ1) is 10.6. The van der Waals surface area contributed by atoms with Gasteiger partial charge in [0.15, 0.2) is 0 Å². The highest BCUT2D eigenvalue weighted by atomic mass is 16.2. The lowest BCUT2D eigenvalue weighted by atomic mass is 9.82. The molecular weight excluding hydrogens is 278 g/mol. The van der Waals surface area contributed by atoms with E-state index >= 15 is 0 Å². The highest BCUT2D eigenvalue weighted by Crippen LogP contribution is 2.28. The molecule has 2 N–H and O–H groups in total. The Kier molecular flexibility index (Phi) is 3.68. The number of H-pyrrole nitrogens is 1. The third-order valence-corrected chi connectivity index (χ3v) is 4.27. The molecule has 1 aliphatic rings. The maximum atomic E-state index is 12.6. The molecule has 1 amide bonds. The standard InChI is InChI=1S/C17H17N3O2/c18-11-17(8-4-1-5-9-17)20-16(22)13-10-15(21)19-14-7-3-2-6-12(13)14/h2-3,6-7,10H,1,4-5,8-9H2,(H,19,21)(H,20,22). The molecule has 1 aliphatic carbocycles. The number of aromatic amines is 1. The minimum atomic E-state index is -0.807. The van der Waals surface area contributed by atoms with Crippen LogP contribution in [-0.2, 0) is 0 Å². The summed E-state index contributed by atoms with van der Waals surface area (Å²) in [6, 6.07) is 10.7. The number of hydrogen-bond donors (Lipinski definition) is 2. The van der Waals surface area contributed by atoms with Gasteiger partial charge >= 0.3 is 0 Å². The monoisotopic (exact) mass is 295 g/mol. The molecule has 1 fully saturated rings. The summed E-state index contributed by atoms with van der Waals surface area (Å²) in [6.07, 6.45) is 4.29. The molecular formula is C17H17N3O2.